The Kier molecular flexibility index (Phi) is 4.78. The van der Waals surface area contributed by atoms with Crippen molar-refractivity contribution in [1.29, 1.82) is 0 Å². The maximum atomic E-state index is 12.0. The zero-order valence-electron chi connectivity index (χ0n) is 13.2. The molecule has 3 rings (SSSR count). The van der Waals surface area contributed by atoms with E-state index in [1.54, 1.807) is 12.1 Å². The Morgan fingerprint density at radius 3 is 2.92 bits per heavy atom. The van der Waals surface area contributed by atoms with Crippen LogP contribution in [0, 0.1) is 21.8 Å². The predicted molar refractivity (Wildman–Crippen MR) is 97.2 cm³/mol. The first-order chi connectivity index (χ1) is 12.4. The molecule has 0 aliphatic rings. The average molecular weight is 392 g/mol. The summed E-state index contributed by atoms with van der Waals surface area (Å²) in [5.74, 6) is 0.627. The summed E-state index contributed by atoms with van der Waals surface area (Å²) in [5, 5.41) is 21.4. The first-order valence-corrected chi connectivity index (χ1v) is 7.92. The number of H-pyrrole nitrogens is 1. The van der Waals surface area contributed by atoms with Gasteiger partial charge in [-0.3, -0.25) is 20.0 Å². The topological polar surface area (TPSA) is 119 Å². The second-order valence-corrected chi connectivity index (χ2v) is 5.89. The van der Waals surface area contributed by atoms with Gasteiger partial charge in [0.15, 0.2) is 0 Å². The molecule has 0 aliphatic carbocycles. The van der Waals surface area contributed by atoms with Crippen molar-refractivity contribution in [3.63, 3.8) is 0 Å². The number of hydrogen-bond acceptors (Lipinski definition) is 7. The van der Waals surface area contributed by atoms with E-state index in [0.29, 0.717) is 22.1 Å². The van der Waals surface area contributed by atoms with E-state index in [1.807, 2.05) is 0 Å². The van der Waals surface area contributed by atoms with Gasteiger partial charge in [0.1, 0.15) is 17.2 Å². The van der Waals surface area contributed by atoms with E-state index in [0.717, 1.165) is 4.68 Å². The Hall–Kier alpha value is -3.11. The van der Waals surface area contributed by atoms with Crippen LogP contribution in [0.3, 0.4) is 0 Å². The van der Waals surface area contributed by atoms with E-state index >= 15 is 0 Å². The number of rotatable bonds is 4. The summed E-state index contributed by atoms with van der Waals surface area (Å²) in [4.78, 5) is 22.4. The van der Waals surface area contributed by atoms with Gasteiger partial charge in [0.2, 0.25) is 4.77 Å². The monoisotopic (exact) mass is 391 g/mol. The quantitative estimate of drug-likeness (QED) is 0.315. The highest BCUT2D eigenvalue weighted by Crippen LogP contribution is 2.32. The van der Waals surface area contributed by atoms with Crippen LogP contribution in [0.4, 0.5) is 5.69 Å². The van der Waals surface area contributed by atoms with Crippen molar-refractivity contribution >= 4 is 35.7 Å². The van der Waals surface area contributed by atoms with Crippen molar-refractivity contribution < 1.29 is 9.34 Å². The van der Waals surface area contributed by atoms with Gasteiger partial charge in [0, 0.05) is 17.7 Å². The van der Waals surface area contributed by atoms with Gasteiger partial charge >= 0.3 is 0 Å². The van der Waals surface area contributed by atoms with Gasteiger partial charge < -0.3 is 4.42 Å². The summed E-state index contributed by atoms with van der Waals surface area (Å²) in [6.45, 7) is 1.52. The van der Waals surface area contributed by atoms with Crippen LogP contribution in [-0.4, -0.2) is 26.0 Å². The highest BCUT2D eigenvalue weighted by Gasteiger charge is 2.14. The predicted octanol–water partition coefficient (Wildman–Crippen LogP) is 3.31. The lowest BCUT2D eigenvalue weighted by Crippen LogP contribution is -2.22. The van der Waals surface area contributed by atoms with E-state index in [4.69, 9.17) is 28.2 Å². The number of benzene rings is 1. The zero-order chi connectivity index (χ0) is 18.8. The normalized spacial score (nSPS) is 11.2. The molecule has 0 fully saturated rings. The molecule has 2 heterocycles. The number of aryl methyl sites for hydroxylation is 1. The molecule has 0 aliphatic heterocycles. The van der Waals surface area contributed by atoms with E-state index in [1.165, 1.54) is 31.3 Å². The van der Waals surface area contributed by atoms with Gasteiger partial charge in [-0.25, -0.2) is 0 Å². The van der Waals surface area contributed by atoms with E-state index in [9.17, 15) is 14.9 Å². The Labute approximate surface area is 155 Å². The van der Waals surface area contributed by atoms with Crippen molar-refractivity contribution in [3.8, 4) is 11.3 Å². The fraction of sp³-hybridized carbons (Fsp3) is 0.0667. The number of nitrogens with one attached hydrogen (secondary N) is 1. The largest absolute Gasteiger partial charge is 0.455 e. The third-order valence-electron chi connectivity index (χ3n) is 3.37. The molecule has 0 atom stereocenters. The van der Waals surface area contributed by atoms with Gasteiger partial charge in [-0.1, -0.05) is 11.6 Å². The highest BCUT2D eigenvalue weighted by molar-refractivity contribution is 7.71. The Bertz CT molecular complexity index is 1150. The summed E-state index contributed by atoms with van der Waals surface area (Å²) >= 11 is 11.1. The lowest BCUT2D eigenvalue weighted by molar-refractivity contribution is -0.384. The number of aromatic nitrogens is 3. The lowest BCUT2D eigenvalue weighted by atomic mass is 10.1. The van der Waals surface area contributed by atoms with E-state index in [-0.39, 0.29) is 16.2 Å². The minimum atomic E-state index is -0.523. The third-order valence-corrected chi connectivity index (χ3v) is 3.96. The van der Waals surface area contributed by atoms with E-state index in [2.05, 4.69) is 15.3 Å². The number of nitrogens with zero attached hydrogens (tertiary/aromatic N) is 4. The zero-order valence-corrected chi connectivity index (χ0v) is 14.7. The van der Waals surface area contributed by atoms with Crippen molar-refractivity contribution in [3.05, 3.63) is 72.0 Å². The number of halogens is 1. The molecule has 26 heavy (non-hydrogen) atoms. The highest BCUT2D eigenvalue weighted by atomic mass is 35.5. The fourth-order valence-corrected chi connectivity index (χ4v) is 2.46. The number of nitro benzene ring substituents is 1. The summed E-state index contributed by atoms with van der Waals surface area (Å²) < 4.78 is 6.59. The number of hydrogen-bond donors (Lipinski definition) is 1. The molecule has 9 nitrogen and oxygen atoms in total. The molecular weight excluding hydrogens is 382 g/mol. The molecule has 0 spiro atoms. The molecule has 1 N–H and O–H groups in total. The molecule has 0 unspecified atom stereocenters. The summed E-state index contributed by atoms with van der Waals surface area (Å²) in [6, 6.07) is 7.21. The average Bonchev–Trinajstić information content (AvgIpc) is 3.07. The van der Waals surface area contributed by atoms with E-state index < -0.39 is 10.5 Å². The maximum Gasteiger partial charge on any atom is 0.296 e. The van der Waals surface area contributed by atoms with Crippen molar-refractivity contribution in [2.75, 3.05) is 0 Å². The van der Waals surface area contributed by atoms with Crippen LogP contribution in [0.15, 0.2) is 44.6 Å². The molecule has 11 heteroatoms. The number of aromatic amines is 1. The Morgan fingerprint density at radius 1 is 1.42 bits per heavy atom. The number of non-ortho nitro benzene ring substituents is 1. The molecule has 0 saturated carbocycles. The molecule has 2 aromatic heterocycles. The van der Waals surface area contributed by atoms with Gasteiger partial charge in [0.05, 0.1) is 16.2 Å². The molecule has 3 aromatic rings. The van der Waals surface area contributed by atoms with Crippen LogP contribution in [0.25, 0.3) is 11.3 Å². The molecule has 0 bridgehead atoms. The second kappa shape index (κ2) is 7.02. The smallest absolute Gasteiger partial charge is 0.296 e. The first-order valence-electron chi connectivity index (χ1n) is 7.13. The standard InChI is InChI=1S/C15H10ClN5O4S/c1-8-14(22)20(15(26)19-18-8)17-7-10-3-5-13(25-10)11-6-9(21(23)24)2-4-12(11)16/h2-7H,1H3,(H,19,26)/b17-7+. The van der Waals surface area contributed by atoms with Crippen LogP contribution < -0.4 is 5.56 Å². The minimum absolute atomic E-state index is 0.0327. The lowest BCUT2D eigenvalue weighted by Gasteiger charge is -2.00. The third kappa shape index (κ3) is 3.46. The van der Waals surface area contributed by atoms with Crippen molar-refractivity contribution in [2.24, 2.45) is 5.10 Å². The molecule has 0 radical (unpaired) electrons. The SMILES string of the molecule is Cc1n[nH]c(=S)n(/N=C/c2ccc(-c3cc([N+](=O)[O-])ccc3Cl)o2)c1=O. The Balaban J connectivity index is 1.96. The summed E-state index contributed by atoms with van der Waals surface area (Å²) in [6.07, 6.45) is 1.29. The molecule has 0 amide bonds. The molecule has 132 valence electrons. The van der Waals surface area contributed by atoms with Gasteiger partial charge in [-0.2, -0.15) is 14.9 Å². The molecule has 1 aromatic carbocycles. The van der Waals surface area contributed by atoms with Gasteiger partial charge in [0.25, 0.3) is 11.2 Å². The molecule has 0 saturated heterocycles. The van der Waals surface area contributed by atoms with Crippen LogP contribution in [-0.2, 0) is 0 Å². The first kappa shape index (κ1) is 17.7. The van der Waals surface area contributed by atoms with Gasteiger partial charge in [-0.15, -0.1) is 0 Å². The Morgan fingerprint density at radius 2 is 2.19 bits per heavy atom. The number of furan rings is 1. The van der Waals surface area contributed by atoms with Crippen LogP contribution in [0.1, 0.15) is 11.5 Å². The number of nitro groups is 1. The van der Waals surface area contributed by atoms with Gasteiger partial charge in [-0.05, 0) is 37.3 Å². The molecular formula is C15H10ClN5O4S. The second-order valence-electron chi connectivity index (χ2n) is 5.10. The summed E-state index contributed by atoms with van der Waals surface area (Å²) in [7, 11) is 0. The minimum Gasteiger partial charge on any atom is -0.455 e. The van der Waals surface area contributed by atoms with Crippen molar-refractivity contribution in [1.82, 2.24) is 14.9 Å². The fourth-order valence-electron chi connectivity index (χ4n) is 2.07. The maximum absolute atomic E-state index is 12.0. The van der Waals surface area contributed by atoms with Crippen LogP contribution in [0.2, 0.25) is 5.02 Å². The van der Waals surface area contributed by atoms with Crippen LogP contribution in [0.5, 0.6) is 0 Å². The van der Waals surface area contributed by atoms with Crippen LogP contribution >= 0.6 is 23.8 Å². The van der Waals surface area contributed by atoms with Crippen molar-refractivity contribution in [2.45, 2.75) is 6.92 Å². The summed E-state index contributed by atoms with van der Waals surface area (Å²) in [5.41, 5.74) is 0.00798.